The average molecular weight is 208 g/mol. The summed E-state index contributed by atoms with van der Waals surface area (Å²) in [5.41, 5.74) is 4.94. The number of aromatic nitrogens is 2. The van der Waals surface area contributed by atoms with Crippen LogP contribution in [0.25, 0.3) is 0 Å². The minimum absolute atomic E-state index is 0.433. The molecule has 0 atom stereocenters. The van der Waals surface area contributed by atoms with Gasteiger partial charge in [0.1, 0.15) is 5.82 Å². The molecule has 1 aromatic rings. The van der Waals surface area contributed by atoms with Gasteiger partial charge in [-0.3, -0.25) is 0 Å². The molecule has 3 N–H and O–H groups in total. The number of rotatable bonds is 1. The van der Waals surface area contributed by atoms with Gasteiger partial charge < -0.3 is 15.7 Å². The van der Waals surface area contributed by atoms with Gasteiger partial charge >= 0.3 is 0 Å². The lowest BCUT2D eigenvalue weighted by Gasteiger charge is -2.36. The molecule has 0 saturated carbocycles. The van der Waals surface area contributed by atoms with E-state index in [1.807, 2.05) is 13.0 Å². The van der Waals surface area contributed by atoms with Gasteiger partial charge in [0.15, 0.2) is 5.82 Å². The predicted molar refractivity (Wildman–Crippen MR) is 58.5 cm³/mol. The van der Waals surface area contributed by atoms with Gasteiger partial charge in [-0.25, -0.2) is 0 Å². The fourth-order valence-electron chi connectivity index (χ4n) is 1.72. The van der Waals surface area contributed by atoms with E-state index in [0.717, 1.165) is 31.7 Å². The first-order valence-corrected chi connectivity index (χ1v) is 5.13. The number of hydrogen-bond acceptors (Lipinski definition) is 5. The van der Waals surface area contributed by atoms with Crippen molar-refractivity contribution in [3.8, 4) is 0 Å². The molecule has 5 nitrogen and oxygen atoms in total. The molecule has 1 aliphatic heterocycles. The molecule has 0 spiro atoms. The molecule has 0 radical (unpaired) electrons. The average Bonchev–Trinajstić information content (AvgIpc) is 2.20. The largest absolute Gasteiger partial charge is 0.390 e. The molecule has 0 bridgehead atoms. The maximum absolute atomic E-state index is 9.80. The van der Waals surface area contributed by atoms with Gasteiger partial charge in [-0.2, -0.15) is 0 Å². The summed E-state index contributed by atoms with van der Waals surface area (Å²) in [7, 11) is 0. The number of nitrogens with two attached hydrogens (primary N) is 1. The third-order valence-corrected chi connectivity index (χ3v) is 2.84. The molecule has 0 unspecified atom stereocenters. The molecule has 2 rings (SSSR count). The van der Waals surface area contributed by atoms with E-state index in [9.17, 15) is 5.11 Å². The molecule has 1 aliphatic rings. The topological polar surface area (TPSA) is 75.3 Å². The van der Waals surface area contributed by atoms with E-state index in [2.05, 4.69) is 15.1 Å². The third-order valence-electron chi connectivity index (χ3n) is 2.84. The van der Waals surface area contributed by atoms with Gasteiger partial charge in [0.25, 0.3) is 0 Å². The van der Waals surface area contributed by atoms with Crippen LogP contribution in [0.1, 0.15) is 19.8 Å². The van der Waals surface area contributed by atoms with E-state index in [4.69, 9.17) is 5.73 Å². The van der Waals surface area contributed by atoms with Crippen LogP contribution >= 0.6 is 0 Å². The zero-order valence-electron chi connectivity index (χ0n) is 8.85. The molecule has 15 heavy (non-hydrogen) atoms. The number of aliphatic hydroxyl groups is 1. The number of piperidine rings is 1. The maximum atomic E-state index is 9.80. The fourth-order valence-corrected chi connectivity index (χ4v) is 1.72. The summed E-state index contributed by atoms with van der Waals surface area (Å²) in [5, 5.41) is 17.6. The van der Waals surface area contributed by atoms with Gasteiger partial charge in [-0.05, 0) is 31.9 Å². The Morgan fingerprint density at radius 3 is 2.53 bits per heavy atom. The standard InChI is InChI=1S/C10H16N4O/c1-10(15)4-6-14(7-5-10)9-3-2-8(11)12-13-9/h2-3,15H,4-7H2,1H3,(H2,11,12). The highest BCUT2D eigenvalue weighted by atomic mass is 16.3. The van der Waals surface area contributed by atoms with Crippen molar-refractivity contribution in [2.75, 3.05) is 23.7 Å². The fraction of sp³-hybridized carbons (Fsp3) is 0.600. The van der Waals surface area contributed by atoms with Crippen molar-refractivity contribution in [1.82, 2.24) is 10.2 Å². The Bertz CT molecular complexity index is 326. The monoisotopic (exact) mass is 208 g/mol. The second kappa shape index (κ2) is 3.66. The number of nitrogens with zero attached hydrogens (tertiary/aromatic N) is 3. The summed E-state index contributed by atoms with van der Waals surface area (Å²) < 4.78 is 0. The second-order valence-corrected chi connectivity index (χ2v) is 4.30. The first-order chi connectivity index (χ1) is 7.07. The molecular formula is C10H16N4O. The Morgan fingerprint density at radius 1 is 1.33 bits per heavy atom. The normalized spacial score (nSPS) is 20.3. The van der Waals surface area contributed by atoms with Crippen LogP contribution in [0.3, 0.4) is 0 Å². The molecule has 5 heteroatoms. The summed E-state index contributed by atoms with van der Waals surface area (Å²) in [5.74, 6) is 1.27. The van der Waals surface area contributed by atoms with Crippen molar-refractivity contribution in [2.24, 2.45) is 0 Å². The highest BCUT2D eigenvalue weighted by Crippen LogP contribution is 2.24. The lowest BCUT2D eigenvalue weighted by atomic mass is 9.94. The molecule has 82 valence electrons. The van der Waals surface area contributed by atoms with E-state index in [0.29, 0.717) is 5.82 Å². The lowest BCUT2D eigenvalue weighted by molar-refractivity contribution is 0.0350. The van der Waals surface area contributed by atoms with Crippen molar-refractivity contribution in [2.45, 2.75) is 25.4 Å². The third kappa shape index (κ3) is 2.36. The van der Waals surface area contributed by atoms with Gasteiger partial charge in [0.2, 0.25) is 0 Å². The van der Waals surface area contributed by atoms with Crippen LogP contribution in [-0.4, -0.2) is 34.0 Å². The molecule has 1 saturated heterocycles. The Morgan fingerprint density at radius 2 is 2.00 bits per heavy atom. The maximum Gasteiger partial charge on any atom is 0.151 e. The Kier molecular flexibility index (Phi) is 2.48. The summed E-state index contributed by atoms with van der Waals surface area (Å²) in [4.78, 5) is 2.12. The predicted octanol–water partition coefficient (Wildman–Crippen LogP) is 0.410. The number of nitrogen functional groups attached to an aromatic ring is 1. The van der Waals surface area contributed by atoms with E-state index < -0.39 is 5.60 Å². The minimum atomic E-state index is -0.530. The minimum Gasteiger partial charge on any atom is -0.390 e. The summed E-state index contributed by atoms with van der Waals surface area (Å²) in [6, 6.07) is 3.61. The van der Waals surface area contributed by atoms with Crippen LogP contribution in [0.15, 0.2) is 12.1 Å². The first-order valence-electron chi connectivity index (χ1n) is 5.13. The molecule has 2 heterocycles. The van der Waals surface area contributed by atoms with E-state index in [1.54, 1.807) is 6.07 Å². The SMILES string of the molecule is CC1(O)CCN(c2ccc(N)nn2)CC1. The Balaban J connectivity index is 2.04. The van der Waals surface area contributed by atoms with Crippen molar-refractivity contribution < 1.29 is 5.11 Å². The zero-order valence-corrected chi connectivity index (χ0v) is 8.85. The molecule has 0 aromatic carbocycles. The van der Waals surface area contributed by atoms with Crippen molar-refractivity contribution >= 4 is 11.6 Å². The van der Waals surface area contributed by atoms with E-state index >= 15 is 0 Å². The van der Waals surface area contributed by atoms with Crippen LogP contribution < -0.4 is 10.6 Å². The molecule has 1 fully saturated rings. The van der Waals surface area contributed by atoms with Gasteiger partial charge in [-0.1, -0.05) is 0 Å². The van der Waals surface area contributed by atoms with Gasteiger partial charge in [-0.15, -0.1) is 10.2 Å². The van der Waals surface area contributed by atoms with E-state index in [1.165, 1.54) is 0 Å². The highest BCUT2D eigenvalue weighted by Gasteiger charge is 2.27. The summed E-state index contributed by atoms with van der Waals surface area (Å²) in [6.07, 6.45) is 1.53. The van der Waals surface area contributed by atoms with Crippen molar-refractivity contribution in [3.05, 3.63) is 12.1 Å². The van der Waals surface area contributed by atoms with Gasteiger partial charge in [0, 0.05) is 13.1 Å². The molecule has 0 aliphatic carbocycles. The summed E-state index contributed by atoms with van der Waals surface area (Å²) >= 11 is 0. The van der Waals surface area contributed by atoms with E-state index in [-0.39, 0.29) is 0 Å². The van der Waals surface area contributed by atoms with Gasteiger partial charge in [0.05, 0.1) is 5.60 Å². The molecular weight excluding hydrogens is 192 g/mol. The Hall–Kier alpha value is -1.36. The van der Waals surface area contributed by atoms with Crippen LogP contribution in [0.4, 0.5) is 11.6 Å². The first kappa shape index (κ1) is 10.2. The highest BCUT2D eigenvalue weighted by molar-refractivity contribution is 5.41. The smallest absolute Gasteiger partial charge is 0.151 e. The zero-order chi connectivity index (χ0) is 10.9. The number of hydrogen-bond donors (Lipinski definition) is 2. The van der Waals surface area contributed by atoms with Crippen LogP contribution in [-0.2, 0) is 0 Å². The van der Waals surface area contributed by atoms with Crippen LogP contribution in [0.5, 0.6) is 0 Å². The second-order valence-electron chi connectivity index (χ2n) is 4.30. The number of anilines is 2. The van der Waals surface area contributed by atoms with Crippen molar-refractivity contribution in [1.29, 1.82) is 0 Å². The summed E-state index contributed by atoms with van der Waals surface area (Å²) in [6.45, 7) is 3.50. The van der Waals surface area contributed by atoms with Crippen LogP contribution in [0, 0.1) is 0 Å². The van der Waals surface area contributed by atoms with Crippen molar-refractivity contribution in [3.63, 3.8) is 0 Å². The Labute approximate surface area is 88.9 Å². The quantitative estimate of drug-likeness (QED) is 0.699. The molecule has 1 aromatic heterocycles. The van der Waals surface area contributed by atoms with Crippen LogP contribution in [0.2, 0.25) is 0 Å². The lowest BCUT2D eigenvalue weighted by Crippen LogP contribution is -2.42. The molecule has 0 amide bonds.